The van der Waals surface area contributed by atoms with Gasteiger partial charge in [0.05, 0.1) is 0 Å². The smallest absolute Gasteiger partial charge is 0.413 e. The second-order valence-electron chi connectivity index (χ2n) is 9.72. The summed E-state index contributed by atoms with van der Waals surface area (Å²) in [5, 5.41) is 8.94. The lowest BCUT2D eigenvalue weighted by molar-refractivity contribution is 0.0635. The van der Waals surface area contributed by atoms with E-state index in [1.807, 2.05) is 30.3 Å². The number of aromatic amines is 1. The maximum Gasteiger partial charge on any atom is 0.413 e. The first-order valence-corrected chi connectivity index (χ1v) is 12.1. The van der Waals surface area contributed by atoms with Gasteiger partial charge in [-0.25, -0.2) is 14.6 Å². The zero-order valence-electron chi connectivity index (χ0n) is 22.1. The first-order valence-electron chi connectivity index (χ1n) is 12.1. The molecule has 0 aliphatic rings. The summed E-state index contributed by atoms with van der Waals surface area (Å²) in [5.41, 5.74) is 3.21. The van der Waals surface area contributed by atoms with Crippen LogP contribution in [-0.2, 0) is 16.5 Å². The van der Waals surface area contributed by atoms with E-state index in [0.29, 0.717) is 11.4 Å². The Morgan fingerprint density at radius 2 is 1.72 bits per heavy atom. The summed E-state index contributed by atoms with van der Waals surface area (Å²) in [7, 11) is 1.66. The van der Waals surface area contributed by atoms with Gasteiger partial charge in [-0.2, -0.15) is 0 Å². The molecule has 3 amide bonds. The minimum absolute atomic E-state index is 0.124. The number of hydrogen-bond acceptors (Lipinski definition) is 6. The first kappa shape index (κ1) is 27.0. The van der Waals surface area contributed by atoms with E-state index in [9.17, 15) is 14.4 Å². The third-order valence-electron chi connectivity index (χ3n) is 5.36. The highest BCUT2D eigenvalue weighted by molar-refractivity contribution is 6.02. The molecule has 0 saturated carbocycles. The number of amides is 3. The Hall–Kier alpha value is -5.06. The number of carbonyl (C=O) groups excluding carboxylic acids is 3. The van der Waals surface area contributed by atoms with Crippen LogP contribution in [0.4, 0.5) is 26.8 Å². The summed E-state index contributed by atoms with van der Waals surface area (Å²) in [5.74, 6) is -0.101. The van der Waals surface area contributed by atoms with Crippen LogP contribution in [-0.4, -0.2) is 44.8 Å². The van der Waals surface area contributed by atoms with Gasteiger partial charge in [-0.3, -0.25) is 15.4 Å². The van der Waals surface area contributed by atoms with Gasteiger partial charge in [0.2, 0.25) is 5.82 Å². The van der Waals surface area contributed by atoms with Crippen LogP contribution in [0.25, 0.3) is 22.2 Å². The third-order valence-corrected chi connectivity index (χ3v) is 5.36. The summed E-state index contributed by atoms with van der Waals surface area (Å²) in [6.07, 6.45) is 1.82. The van der Waals surface area contributed by atoms with E-state index in [4.69, 9.17) is 9.47 Å². The van der Waals surface area contributed by atoms with Crippen molar-refractivity contribution in [1.29, 1.82) is 0 Å². The van der Waals surface area contributed by atoms with Gasteiger partial charge >= 0.3 is 12.2 Å². The summed E-state index contributed by atoms with van der Waals surface area (Å²) >= 11 is 0. The molecule has 4 rings (SSSR count). The normalized spacial score (nSPS) is 11.1. The molecule has 2 aromatic carbocycles. The number of nitrogens with one attached hydrogen (secondary N) is 4. The fraction of sp³-hybridized carbons (Fsp3) is 0.214. The maximum absolute atomic E-state index is 12.8. The van der Waals surface area contributed by atoms with Crippen LogP contribution in [0.15, 0.2) is 67.4 Å². The van der Waals surface area contributed by atoms with Crippen molar-refractivity contribution in [3.63, 3.8) is 0 Å². The summed E-state index contributed by atoms with van der Waals surface area (Å²) in [6, 6.07) is 14.8. The van der Waals surface area contributed by atoms with Crippen LogP contribution in [0.2, 0.25) is 0 Å². The Labute approximate surface area is 225 Å². The topological polar surface area (TPSA) is 139 Å². The summed E-state index contributed by atoms with van der Waals surface area (Å²) < 4.78 is 11.7. The van der Waals surface area contributed by atoms with Crippen molar-refractivity contribution in [2.75, 3.05) is 22.6 Å². The Morgan fingerprint density at radius 3 is 2.41 bits per heavy atom. The second kappa shape index (κ2) is 11.1. The Bertz CT molecular complexity index is 1530. The molecule has 2 aromatic heterocycles. The number of H-pyrrole nitrogens is 1. The van der Waals surface area contributed by atoms with Crippen molar-refractivity contribution in [2.45, 2.75) is 26.4 Å². The fourth-order valence-corrected chi connectivity index (χ4v) is 3.72. The van der Waals surface area contributed by atoms with Gasteiger partial charge in [0.15, 0.2) is 5.82 Å². The number of imidazole rings is 1. The Morgan fingerprint density at radius 1 is 1.00 bits per heavy atom. The molecule has 39 heavy (non-hydrogen) atoms. The zero-order chi connectivity index (χ0) is 28.2. The number of hydrogen-bond donors (Lipinski definition) is 4. The van der Waals surface area contributed by atoms with Crippen LogP contribution in [0.3, 0.4) is 0 Å². The van der Waals surface area contributed by atoms with Gasteiger partial charge in [-0.15, -0.1) is 0 Å². The van der Waals surface area contributed by atoms with Crippen molar-refractivity contribution in [3.05, 3.63) is 73.2 Å². The number of anilines is 3. The quantitative estimate of drug-likeness (QED) is 0.219. The molecule has 0 bridgehead atoms. The average Bonchev–Trinajstić information content (AvgIpc) is 3.44. The molecule has 0 atom stereocenters. The highest BCUT2D eigenvalue weighted by atomic mass is 16.6. The molecule has 0 aliphatic carbocycles. The molecule has 2 heterocycles. The molecule has 0 aliphatic heterocycles. The van der Waals surface area contributed by atoms with E-state index in [1.54, 1.807) is 46.0 Å². The van der Waals surface area contributed by atoms with Crippen molar-refractivity contribution in [1.82, 2.24) is 14.5 Å². The van der Waals surface area contributed by atoms with Crippen LogP contribution >= 0.6 is 0 Å². The lowest BCUT2D eigenvalue weighted by Gasteiger charge is -2.18. The Kier molecular flexibility index (Phi) is 7.70. The van der Waals surface area contributed by atoms with E-state index in [-0.39, 0.29) is 18.2 Å². The van der Waals surface area contributed by atoms with Gasteiger partial charge in [0, 0.05) is 41.2 Å². The average molecular weight is 531 g/mol. The van der Waals surface area contributed by atoms with Crippen molar-refractivity contribution in [3.8, 4) is 11.3 Å². The molecule has 0 radical (unpaired) electrons. The molecule has 0 unspecified atom stereocenters. The largest absolute Gasteiger partial charge is 0.445 e. The van der Waals surface area contributed by atoms with Gasteiger partial charge in [-0.05, 0) is 62.7 Å². The molecular weight excluding hydrogens is 500 g/mol. The highest BCUT2D eigenvalue weighted by Crippen LogP contribution is 2.27. The number of nitrogens with zero attached hydrogens (tertiary/aromatic N) is 2. The van der Waals surface area contributed by atoms with E-state index in [2.05, 4.69) is 32.5 Å². The number of ether oxygens (including phenoxy) is 2. The number of benzene rings is 2. The van der Waals surface area contributed by atoms with Crippen molar-refractivity contribution in [2.24, 2.45) is 7.05 Å². The van der Waals surface area contributed by atoms with E-state index < -0.39 is 23.7 Å². The van der Waals surface area contributed by atoms with E-state index in [1.165, 1.54) is 16.8 Å². The third kappa shape index (κ3) is 7.04. The molecule has 11 nitrogen and oxygen atoms in total. The van der Waals surface area contributed by atoms with E-state index in [0.717, 1.165) is 22.2 Å². The van der Waals surface area contributed by atoms with Crippen LogP contribution < -0.4 is 16.0 Å². The monoisotopic (exact) mass is 530 g/mol. The Balaban J connectivity index is 1.41. The number of aryl methyl sites for hydroxylation is 1. The highest BCUT2D eigenvalue weighted by Gasteiger charge is 2.19. The number of fused-ring (bicyclic) bond motifs is 1. The number of carbonyl (C=O) groups is 3. The molecule has 202 valence electrons. The van der Waals surface area contributed by atoms with Crippen molar-refractivity contribution >= 4 is 46.2 Å². The van der Waals surface area contributed by atoms with Gasteiger partial charge < -0.3 is 24.3 Å². The minimum atomic E-state index is -0.654. The second-order valence-corrected chi connectivity index (χ2v) is 9.72. The van der Waals surface area contributed by atoms with Gasteiger partial charge in [-0.1, -0.05) is 24.8 Å². The lowest BCUT2D eigenvalue weighted by atomic mass is 10.1. The molecular formula is C28H30N6O5. The fourth-order valence-electron chi connectivity index (χ4n) is 3.72. The molecule has 0 saturated heterocycles. The molecule has 11 heteroatoms. The standard InChI is InChI=1S/C28H30N6O5/c1-6-13-38-26(36)30-20-11-12-21-18(14-20)15-22(31-21)17-7-9-19(10-8-17)29-25(35)24-32-23(16-34(24)5)33-27(37)39-28(2,3)4/h6-12,14-16,31H,1,13H2,2-5H3,(H,29,35)(H,30,36)(H,33,37). The minimum Gasteiger partial charge on any atom is -0.445 e. The molecule has 0 fully saturated rings. The zero-order valence-corrected chi connectivity index (χ0v) is 22.1. The lowest BCUT2D eigenvalue weighted by Crippen LogP contribution is -2.27. The summed E-state index contributed by atoms with van der Waals surface area (Å²) in [4.78, 5) is 44.2. The van der Waals surface area contributed by atoms with Crippen LogP contribution in [0.1, 0.15) is 31.4 Å². The molecule has 0 spiro atoms. The predicted molar refractivity (Wildman–Crippen MR) is 150 cm³/mol. The summed E-state index contributed by atoms with van der Waals surface area (Å²) in [6.45, 7) is 8.92. The van der Waals surface area contributed by atoms with Crippen LogP contribution in [0, 0.1) is 0 Å². The molecule has 4 aromatic rings. The number of aromatic nitrogens is 3. The van der Waals surface area contributed by atoms with Gasteiger partial charge in [0.25, 0.3) is 5.91 Å². The number of rotatable bonds is 7. The predicted octanol–water partition coefficient (Wildman–Crippen LogP) is 5.90. The molecule has 4 N–H and O–H groups in total. The first-order chi connectivity index (χ1) is 18.5. The van der Waals surface area contributed by atoms with E-state index >= 15 is 0 Å². The van der Waals surface area contributed by atoms with Crippen LogP contribution in [0.5, 0.6) is 0 Å². The SMILES string of the molecule is C=CCOC(=O)Nc1ccc2[nH]c(-c3ccc(NC(=O)c4nc(NC(=O)OC(C)(C)C)cn4C)cc3)cc2c1. The maximum atomic E-state index is 12.8. The van der Waals surface area contributed by atoms with Gasteiger partial charge in [0.1, 0.15) is 12.2 Å². The van der Waals surface area contributed by atoms with Crippen molar-refractivity contribution < 1.29 is 23.9 Å².